The molecule has 0 bridgehead atoms. The number of halogens is 1. The van der Waals surface area contributed by atoms with E-state index < -0.39 is 12.0 Å². The molecule has 4 rings (SSSR count). The molecular formula is C24H25FN4O4S. The fourth-order valence-corrected chi connectivity index (χ4v) is 4.51. The van der Waals surface area contributed by atoms with Crippen molar-refractivity contribution in [3.63, 3.8) is 0 Å². The maximum Gasteiger partial charge on any atom is 0.338 e. The minimum absolute atomic E-state index is 0.247. The lowest BCUT2D eigenvalue weighted by Crippen LogP contribution is -2.29. The molecule has 1 atom stereocenters. The van der Waals surface area contributed by atoms with Gasteiger partial charge in [-0.15, -0.1) is 5.10 Å². The minimum atomic E-state index is -0.581. The van der Waals surface area contributed by atoms with Gasteiger partial charge in [-0.2, -0.15) is 4.98 Å². The van der Waals surface area contributed by atoms with Crippen molar-refractivity contribution in [1.29, 1.82) is 0 Å². The van der Waals surface area contributed by atoms with Crippen molar-refractivity contribution in [2.45, 2.75) is 30.8 Å². The average Bonchev–Trinajstić information content (AvgIpc) is 3.24. The molecule has 0 aliphatic carbocycles. The number of benzene rings is 2. The summed E-state index contributed by atoms with van der Waals surface area (Å²) in [6, 6.07) is 11.2. The molecular weight excluding hydrogens is 459 g/mol. The molecule has 8 nitrogen and oxygen atoms in total. The molecule has 0 radical (unpaired) electrons. The van der Waals surface area contributed by atoms with Crippen molar-refractivity contribution < 1.29 is 23.4 Å². The molecule has 0 amide bonds. The zero-order valence-electron chi connectivity index (χ0n) is 19.3. The first-order chi connectivity index (χ1) is 16.4. The molecule has 34 heavy (non-hydrogen) atoms. The maximum absolute atomic E-state index is 13.2. The molecule has 0 unspecified atom stereocenters. The second-order valence-corrected chi connectivity index (χ2v) is 8.42. The summed E-state index contributed by atoms with van der Waals surface area (Å²) in [4.78, 5) is 17.6. The van der Waals surface area contributed by atoms with E-state index in [1.54, 1.807) is 44.0 Å². The van der Waals surface area contributed by atoms with E-state index >= 15 is 0 Å². The van der Waals surface area contributed by atoms with E-state index in [0.29, 0.717) is 39.6 Å². The average molecular weight is 485 g/mol. The number of fused-ring (bicyclic) bond motifs is 1. The molecule has 178 valence electrons. The first-order valence-corrected chi connectivity index (χ1v) is 11.6. The molecule has 3 aromatic rings. The van der Waals surface area contributed by atoms with E-state index in [1.807, 2.05) is 19.1 Å². The molecule has 0 saturated carbocycles. The van der Waals surface area contributed by atoms with Crippen LogP contribution < -0.4 is 14.8 Å². The Kier molecular flexibility index (Phi) is 7.06. The summed E-state index contributed by atoms with van der Waals surface area (Å²) >= 11 is 1.42. The molecule has 1 aromatic heterocycles. The third kappa shape index (κ3) is 4.72. The standard InChI is InChI=1S/C24H25FN4O4S/c1-5-33-22(30)20-14(2)26-23-27-24(34-13-15-6-9-17(25)10-7-15)28-29(23)21(20)16-8-11-18(31-3)19(12-16)32-4/h6-12,21H,5,13H2,1-4H3,(H,26,27,28)/t21-/m1/s1. The van der Waals surface area contributed by atoms with Gasteiger partial charge in [-0.3, -0.25) is 0 Å². The van der Waals surface area contributed by atoms with Crippen LogP contribution in [0.15, 0.2) is 58.9 Å². The number of allylic oxidation sites excluding steroid dienone is 1. The van der Waals surface area contributed by atoms with Crippen LogP contribution in [0.25, 0.3) is 0 Å². The number of hydrogen-bond acceptors (Lipinski definition) is 8. The molecule has 2 aromatic carbocycles. The Bertz CT molecular complexity index is 1230. The van der Waals surface area contributed by atoms with Gasteiger partial charge in [-0.25, -0.2) is 13.9 Å². The normalized spacial score (nSPS) is 14.9. The van der Waals surface area contributed by atoms with Crippen LogP contribution >= 0.6 is 11.8 Å². The molecule has 1 N–H and O–H groups in total. The number of aromatic nitrogens is 3. The van der Waals surface area contributed by atoms with Crippen molar-refractivity contribution in [2.24, 2.45) is 0 Å². The number of anilines is 1. The van der Waals surface area contributed by atoms with Gasteiger partial charge in [-0.1, -0.05) is 30.0 Å². The zero-order chi connectivity index (χ0) is 24.2. The van der Waals surface area contributed by atoms with E-state index in [0.717, 1.165) is 11.1 Å². The number of hydrogen-bond donors (Lipinski definition) is 1. The van der Waals surface area contributed by atoms with Gasteiger partial charge in [0, 0.05) is 11.4 Å². The van der Waals surface area contributed by atoms with Crippen molar-refractivity contribution >= 4 is 23.7 Å². The fraction of sp³-hybridized carbons (Fsp3) is 0.292. The molecule has 1 aliphatic heterocycles. The number of carbonyl (C=O) groups excluding carboxylic acids is 1. The summed E-state index contributed by atoms with van der Waals surface area (Å²) in [5.74, 6) is 1.47. The second-order valence-electron chi connectivity index (χ2n) is 7.48. The van der Waals surface area contributed by atoms with Crippen LogP contribution in [0.4, 0.5) is 10.3 Å². The summed E-state index contributed by atoms with van der Waals surface area (Å²) in [7, 11) is 3.12. The number of carbonyl (C=O) groups is 1. The lowest BCUT2D eigenvalue weighted by Gasteiger charge is -2.28. The number of rotatable bonds is 8. The van der Waals surface area contributed by atoms with Crippen molar-refractivity contribution in [1.82, 2.24) is 14.8 Å². The highest BCUT2D eigenvalue weighted by atomic mass is 32.2. The highest BCUT2D eigenvalue weighted by molar-refractivity contribution is 7.98. The summed E-state index contributed by atoms with van der Waals surface area (Å²) in [6.07, 6.45) is 0. The van der Waals surface area contributed by atoms with Gasteiger partial charge in [0.1, 0.15) is 11.9 Å². The smallest absolute Gasteiger partial charge is 0.338 e. The highest BCUT2D eigenvalue weighted by Gasteiger charge is 2.35. The first kappa shape index (κ1) is 23.6. The Morgan fingerprint density at radius 1 is 1.15 bits per heavy atom. The Morgan fingerprint density at radius 2 is 1.88 bits per heavy atom. The van der Waals surface area contributed by atoms with Gasteiger partial charge in [0.05, 0.1) is 26.4 Å². The number of methoxy groups -OCH3 is 2. The molecule has 2 heterocycles. The largest absolute Gasteiger partial charge is 0.493 e. The van der Waals surface area contributed by atoms with Crippen LogP contribution in [0.5, 0.6) is 11.5 Å². The minimum Gasteiger partial charge on any atom is -0.493 e. The van der Waals surface area contributed by atoms with E-state index in [9.17, 15) is 9.18 Å². The van der Waals surface area contributed by atoms with Gasteiger partial charge in [0.15, 0.2) is 11.5 Å². The predicted molar refractivity (Wildman–Crippen MR) is 127 cm³/mol. The van der Waals surface area contributed by atoms with Crippen LogP contribution in [0.1, 0.15) is 31.0 Å². The number of nitrogens with one attached hydrogen (secondary N) is 1. The number of esters is 1. The second kappa shape index (κ2) is 10.2. The van der Waals surface area contributed by atoms with Crippen LogP contribution in [-0.4, -0.2) is 41.6 Å². The number of nitrogens with zero attached hydrogens (tertiary/aromatic N) is 3. The summed E-state index contributed by atoms with van der Waals surface area (Å²) in [5.41, 5.74) is 2.78. The van der Waals surface area contributed by atoms with Crippen molar-refractivity contribution in [2.75, 3.05) is 26.1 Å². The van der Waals surface area contributed by atoms with E-state index in [-0.39, 0.29) is 12.4 Å². The SMILES string of the molecule is CCOC(=O)C1=C(C)Nc2nc(SCc3ccc(F)cc3)nn2[C@@H]1c1ccc(OC)c(OC)c1. The summed E-state index contributed by atoms with van der Waals surface area (Å²) in [5, 5.41) is 8.38. The topological polar surface area (TPSA) is 87.5 Å². The quantitative estimate of drug-likeness (QED) is 0.367. The Balaban J connectivity index is 1.72. The molecule has 10 heteroatoms. The Labute approximate surface area is 201 Å². The Hall–Kier alpha value is -3.53. The molecule has 0 fully saturated rings. The summed E-state index contributed by atoms with van der Waals surface area (Å²) < 4.78 is 31.1. The first-order valence-electron chi connectivity index (χ1n) is 10.7. The highest BCUT2D eigenvalue weighted by Crippen LogP contribution is 2.39. The number of thioether (sulfide) groups is 1. The van der Waals surface area contributed by atoms with E-state index in [4.69, 9.17) is 14.2 Å². The predicted octanol–water partition coefficient (Wildman–Crippen LogP) is 4.58. The van der Waals surface area contributed by atoms with Crippen LogP contribution in [0.3, 0.4) is 0 Å². The maximum atomic E-state index is 13.2. The molecule has 0 spiro atoms. The van der Waals surface area contributed by atoms with Gasteiger partial charge in [-0.05, 0) is 49.2 Å². The van der Waals surface area contributed by atoms with E-state index in [2.05, 4.69) is 15.4 Å². The Morgan fingerprint density at radius 3 is 2.56 bits per heavy atom. The van der Waals surface area contributed by atoms with Gasteiger partial charge < -0.3 is 19.5 Å². The molecule has 0 saturated heterocycles. The summed E-state index contributed by atoms with van der Waals surface area (Å²) in [6.45, 7) is 3.82. The van der Waals surface area contributed by atoms with Crippen LogP contribution in [-0.2, 0) is 15.3 Å². The van der Waals surface area contributed by atoms with Gasteiger partial charge >= 0.3 is 5.97 Å². The van der Waals surface area contributed by atoms with Crippen LogP contribution in [0.2, 0.25) is 0 Å². The lowest BCUT2D eigenvalue weighted by molar-refractivity contribution is -0.139. The fourth-order valence-electron chi connectivity index (χ4n) is 3.73. The third-order valence-corrected chi connectivity index (χ3v) is 6.24. The molecule has 1 aliphatic rings. The number of ether oxygens (including phenoxy) is 3. The van der Waals surface area contributed by atoms with Crippen molar-refractivity contribution in [3.05, 3.63) is 70.7 Å². The van der Waals surface area contributed by atoms with E-state index in [1.165, 1.54) is 23.9 Å². The van der Waals surface area contributed by atoms with Gasteiger partial charge in [0.2, 0.25) is 11.1 Å². The lowest BCUT2D eigenvalue weighted by atomic mass is 9.95. The zero-order valence-corrected chi connectivity index (χ0v) is 20.1. The van der Waals surface area contributed by atoms with Crippen molar-refractivity contribution in [3.8, 4) is 11.5 Å². The monoisotopic (exact) mass is 484 g/mol. The van der Waals surface area contributed by atoms with Crippen LogP contribution in [0, 0.1) is 5.82 Å². The van der Waals surface area contributed by atoms with Gasteiger partial charge in [0.25, 0.3) is 0 Å². The third-order valence-electron chi connectivity index (χ3n) is 5.33.